The highest BCUT2D eigenvalue weighted by molar-refractivity contribution is 5.96. The Balaban J connectivity index is 1.93. The van der Waals surface area contributed by atoms with Crippen molar-refractivity contribution in [3.63, 3.8) is 0 Å². The maximum Gasteiger partial charge on any atom is 0.305 e. The molecule has 1 aliphatic rings. The first-order chi connectivity index (χ1) is 12.6. The third-order valence-electron chi connectivity index (χ3n) is 4.29. The van der Waals surface area contributed by atoms with E-state index in [0.717, 1.165) is 0 Å². The number of carboxylic acid groups (broad SMARTS) is 1. The van der Waals surface area contributed by atoms with E-state index in [1.807, 2.05) is 18.2 Å². The van der Waals surface area contributed by atoms with Gasteiger partial charge in [0.2, 0.25) is 0 Å². The van der Waals surface area contributed by atoms with Gasteiger partial charge in [-0.1, -0.05) is 6.07 Å². The quantitative estimate of drug-likeness (QED) is 0.882. The second kappa shape index (κ2) is 7.97. The molecular formula is C19H20N2O5. The minimum atomic E-state index is -0.956. The van der Waals surface area contributed by atoms with E-state index >= 15 is 0 Å². The van der Waals surface area contributed by atoms with Gasteiger partial charge in [-0.05, 0) is 30.3 Å². The van der Waals surface area contributed by atoms with Gasteiger partial charge in [0.05, 0.1) is 38.5 Å². The first kappa shape index (κ1) is 17.9. The molecule has 1 amide bonds. The Bertz CT molecular complexity index is 794. The Kier molecular flexibility index (Phi) is 5.48. The van der Waals surface area contributed by atoms with E-state index < -0.39 is 12.0 Å². The van der Waals surface area contributed by atoms with Crippen molar-refractivity contribution in [2.75, 3.05) is 26.9 Å². The molecule has 3 rings (SSSR count). The summed E-state index contributed by atoms with van der Waals surface area (Å²) in [5, 5.41) is 9.08. The summed E-state index contributed by atoms with van der Waals surface area (Å²) in [6.45, 7) is 0.980. The van der Waals surface area contributed by atoms with Crippen molar-refractivity contribution in [1.82, 2.24) is 9.88 Å². The normalized spacial score (nSPS) is 17.0. The first-order valence-corrected chi connectivity index (χ1v) is 8.30. The Morgan fingerprint density at radius 3 is 2.88 bits per heavy atom. The van der Waals surface area contributed by atoms with Gasteiger partial charge in [-0.15, -0.1) is 0 Å². The molecule has 1 atom stereocenters. The highest BCUT2D eigenvalue weighted by atomic mass is 16.5. The molecule has 0 radical (unpaired) electrons. The molecule has 1 N–H and O–H groups in total. The number of hydrogen-bond acceptors (Lipinski definition) is 5. The number of benzene rings is 1. The second-order valence-electron chi connectivity index (χ2n) is 5.96. The summed E-state index contributed by atoms with van der Waals surface area (Å²) < 4.78 is 10.7. The molecule has 2 aromatic rings. The molecule has 1 fully saturated rings. The molecule has 0 saturated carbocycles. The van der Waals surface area contributed by atoms with E-state index in [1.165, 1.54) is 0 Å². The van der Waals surface area contributed by atoms with Crippen LogP contribution in [0, 0.1) is 0 Å². The third-order valence-corrected chi connectivity index (χ3v) is 4.29. The van der Waals surface area contributed by atoms with Crippen LogP contribution in [0.2, 0.25) is 0 Å². The van der Waals surface area contributed by atoms with Crippen LogP contribution in [0.25, 0.3) is 11.3 Å². The van der Waals surface area contributed by atoms with Crippen molar-refractivity contribution in [3.8, 4) is 17.0 Å². The Hall–Kier alpha value is -2.93. The fourth-order valence-corrected chi connectivity index (χ4v) is 3.02. The largest absolute Gasteiger partial charge is 0.496 e. The number of ether oxygens (including phenoxy) is 2. The number of pyridine rings is 1. The molecule has 1 aromatic carbocycles. The van der Waals surface area contributed by atoms with Crippen LogP contribution in [0.5, 0.6) is 5.75 Å². The third kappa shape index (κ3) is 3.83. The van der Waals surface area contributed by atoms with Gasteiger partial charge < -0.3 is 19.5 Å². The number of aromatic nitrogens is 1. The minimum absolute atomic E-state index is 0.144. The van der Waals surface area contributed by atoms with Crippen molar-refractivity contribution in [2.24, 2.45) is 0 Å². The van der Waals surface area contributed by atoms with E-state index in [4.69, 9.17) is 14.6 Å². The molecule has 0 bridgehead atoms. The average Bonchev–Trinajstić information content (AvgIpc) is 2.67. The van der Waals surface area contributed by atoms with Crippen molar-refractivity contribution < 1.29 is 24.2 Å². The number of aliphatic carboxylic acids is 1. The van der Waals surface area contributed by atoms with Gasteiger partial charge in [-0.3, -0.25) is 14.6 Å². The number of amides is 1. The topological polar surface area (TPSA) is 89.0 Å². The molecule has 26 heavy (non-hydrogen) atoms. The maximum absolute atomic E-state index is 13.0. The molecule has 1 aliphatic heterocycles. The predicted octanol–water partition coefficient (Wildman–Crippen LogP) is 2.07. The fourth-order valence-electron chi connectivity index (χ4n) is 3.02. The second-order valence-corrected chi connectivity index (χ2v) is 5.96. The lowest BCUT2D eigenvalue weighted by molar-refractivity contribution is -0.139. The Morgan fingerprint density at radius 1 is 1.35 bits per heavy atom. The van der Waals surface area contributed by atoms with Crippen LogP contribution in [-0.4, -0.2) is 59.8 Å². The molecule has 0 spiro atoms. The van der Waals surface area contributed by atoms with Gasteiger partial charge in [-0.2, -0.15) is 0 Å². The average molecular weight is 356 g/mol. The molecule has 1 aromatic heterocycles. The number of nitrogens with zero attached hydrogens (tertiary/aromatic N) is 2. The van der Waals surface area contributed by atoms with Crippen LogP contribution in [0.1, 0.15) is 16.8 Å². The SMILES string of the molecule is COc1ccc(C(=O)N2CCOCC2CC(=O)O)cc1-c1ccccn1. The number of carbonyl (C=O) groups is 2. The molecule has 7 nitrogen and oxygen atoms in total. The molecule has 7 heteroatoms. The summed E-state index contributed by atoms with van der Waals surface area (Å²) in [4.78, 5) is 30.0. The van der Waals surface area contributed by atoms with Gasteiger partial charge >= 0.3 is 5.97 Å². The van der Waals surface area contributed by atoms with E-state index in [9.17, 15) is 9.59 Å². The summed E-state index contributed by atoms with van der Waals surface area (Å²) in [5.41, 5.74) is 1.87. The summed E-state index contributed by atoms with van der Waals surface area (Å²) in [6.07, 6.45) is 1.53. The smallest absolute Gasteiger partial charge is 0.305 e. The van der Waals surface area contributed by atoms with Crippen molar-refractivity contribution >= 4 is 11.9 Å². The summed E-state index contributed by atoms with van der Waals surface area (Å²) >= 11 is 0. The van der Waals surface area contributed by atoms with Gasteiger partial charge in [0.1, 0.15) is 5.75 Å². The van der Waals surface area contributed by atoms with Gasteiger partial charge in [0.25, 0.3) is 5.91 Å². The highest BCUT2D eigenvalue weighted by Gasteiger charge is 2.30. The molecule has 2 heterocycles. The van der Waals surface area contributed by atoms with E-state index in [-0.39, 0.29) is 18.9 Å². The molecular weight excluding hydrogens is 336 g/mol. The van der Waals surface area contributed by atoms with Crippen LogP contribution >= 0.6 is 0 Å². The van der Waals surface area contributed by atoms with Crippen molar-refractivity contribution in [3.05, 3.63) is 48.2 Å². The van der Waals surface area contributed by atoms with Crippen LogP contribution in [-0.2, 0) is 9.53 Å². The number of hydrogen-bond donors (Lipinski definition) is 1. The van der Waals surface area contributed by atoms with E-state index in [2.05, 4.69) is 4.98 Å². The molecule has 136 valence electrons. The van der Waals surface area contributed by atoms with Crippen LogP contribution in [0.15, 0.2) is 42.6 Å². The zero-order valence-electron chi connectivity index (χ0n) is 14.4. The number of carboxylic acids is 1. The Labute approximate surface area is 151 Å². The predicted molar refractivity (Wildman–Crippen MR) is 94.1 cm³/mol. The summed E-state index contributed by atoms with van der Waals surface area (Å²) in [7, 11) is 1.56. The van der Waals surface area contributed by atoms with E-state index in [0.29, 0.717) is 35.7 Å². The van der Waals surface area contributed by atoms with Crippen LogP contribution < -0.4 is 4.74 Å². The Morgan fingerprint density at radius 2 is 2.19 bits per heavy atom. The first-order valence-electron chi connectivity index (χ1n) is 8.30. The van der Waals surface area contributed by atoms with Gasteiger partial charge in [0, 0.05) is 23.9 Å². The maximum atomic E-state index is 13.0. The number of rotatable bonds is 5. The number of morpholine rings is 1. The highest BCUT2D eigenvalue weighted by Crippen LogP contribution is 2.30. The van der Waals surface area contributed by atoms with Gasteiger partial charge in [0.15, 0.2) is 0 Å². The molecule has 1 unspecified atom stereocenters. The van der Waals surface area contributed by atoms with E-state index in [1.54, 1.807) is 36.4 Å². The van der Waals surface area contributed by atoms with Crippen LogP contribution in [0.3, 0.4) is 0 Å². The lowest BCUT2D eigenvalue weighted by Crippen LogP contribution is -2.49. The summed E-state index contributed by atoms with van der Waals surface area (Å²) in [5.74, 6) is -0.564. The lowest BCUT2D eigenvalue weighted by atomic mass is 10.0. The zero-order valence-corrected chi connectivity index (χ0v) is 14.4. The van der Waals surface area contributed by atoms with Crippen molar-refractivity contribution in [1.29, 1.82) is 0 Å². The monoisotopic (exact) mass is 356 g/mol. The molecule has 0 aliphatic carbocycles. The van der Waals surface area contributed by atoms with Crippen molar-refractivity contribution in [2.45, 2.75) is 12.5 Å². The zero-order chi connectivity index (χ0) is 18.5. The number of methoxy groups -OCH3 is 1. The van der Waals surface area contributed by atoms with Gasteiger partial charge in [-0.25, -0.2) is 0 Å². The number of carbonyl (C=O) groups excluding carboxylic acids is 1. The summed E-state index contributed by atoms with van der Waals surface area (Å²) in [6, 6.07) is 10.2. The standard InChI is InChI=1S/C19H20N2O5/c1-25-17-6-5-13(10-15(17)16-4-2-3-7-20-16)19(24)21-8-9-26-12-14(21)11-18(22)23/h2-7,10,14H,8-9,11-12H2,1H3,(H,22,23). The fraction of sp³-hybridized carbons (Fsp3) is 0.316. The van der Waals surface area contributed by atoms with Crippen LogP contribution in [0.4, 0.5) is 0 Å². The lowest BCUT2D eigenvalue weighted by Gasteiger charge is -2.35. The minimum Gasteiger partial charge on any atom is -0.496 e. The molecule has 1 saturated heterocycles.